The van der Waals surface area contributed by atoms with Crippen molar-refractivity contribution in [3.63, 3.8) is 0 Å². The maximum Gasteiger partial charge on any atom is 0.225 e. The number of hydrogen-bond donors (Lipinski definition) is 3. The largest absolute Gasteiger partial charge is 0.391 e. The van der Waals surface area contributed by atoms with E-state index in [-0.39, 0.29) is 18.9 Å². The Morgan fingerprint density at radius 3 is 2.48 bits per heavy atom. The van der Waals surface area contributed by atoms with Gasteiger partial charge in [0, 0.05) is 13.0 Å². The lowest BCUT2D eigenvalue weighted by molar-refractivity contribution is -0.132. The average molecular weight is 295 g/mol. The zero-order valence-corrected chi connectivity index (χ0v) is 12.9. The molecule has 0 fully saturated rings. The smallest absolute Gasteiger partial charge is 0.225 e. The number of hydrogen-bond acceptors (Lipinski definition) is 4. The van der Waals surface area contributed by atoms with Gasteiger partial charge in [0.05, 0.1) is 12.7 Å². The van der Waals surface area contributed by atoms with E-state index >= 15 is 0 Å². The zero-order valence-electron chi connectivity index (χ0n) is 12.9. The molecule has 0 saturated heterocycles. The van der Waals surface area contributed by atoms with E-state index in [1.807, 2.05) is 30.3 Å². The van der Waals surface area contributed by atoms with Gasteiger partial charge in [0.15, 0.2) is 0 Å². The molecule has 1 rings (SSSR count). The Balaban J connectivity index is 2.76. The molecule has 0 radical (unpaired) electrons. The Morgan fingerprint density at radius 2 is 1.95 bits per heavy atom. The zero-order chi connectivity index (χ0) is 15.9. The van der Waals surface area contributed by atoms with Crippen LogP contribution >= 0.6 is 0 Å². The first-order valence-corrected chi connectivity index (χ1v) is 7.07. The highest BCUT2D eigenvalue weighted by Crippen LogP contribution is 2.16. The quantitative estimate of drug-likeness (QED) is 0.627. The van der Waals surface area contributed by atoms with Crippen LogP contribution in [0.3, 0.4) is 0 Å². The summed E-state index contributed by atoms with van der Waals surface area (Å²) < 4.78 is 4.90. The van der Waals surface area contributed by atoms with E-state index in [1.54, 1.807) is 0 Å². The highest BCUT2D eigenvalue weighted by molar-refractivity contribution is 5.79. The third kappa shape index (κ3) is 7.22. The van der Waals surface area contributed by atoms with Crippen LogP contribution in [0.25, 0.3) is 0 Å². The topological polar surface area (TPSA) is 78.8 Å². The molecule has 5 heteroatoms. The van der Waals surface area contributed by atoms with E-state index in [2.05, 4.69) is 5.32 Å². The van der Waals surface area contributed by atoms with Gasteiger partial charge < -0.3 is 20.3 Å². The van der Waals surface area contributed by atoms with Crippen molar-refractivity contribution in [2.45, 2.75) is 38.5 Å². The molecule has 0 spiro atoms. The summed E-state index contributed by atoms with van der Waals surface area (Å²) in [5.74, 6) is -0.703. The molecule has 118 valence electrons. The Labute approximate surface area is 125 Å². The van der Waals surface area contributed by atoms with Crippen molar-refractivity contribution in [3.05, 3.63) is 35.9 Å². The molecule has 3 N–H and O–H groups in total. The van der Waals surface area contributed by atoms with Crippen LogP contribution in [0.5, 0.6) is 0 Å². The number of benzene rings is 1. The first kappa shape index (κ1) is 17.6. The Bertz CT molecular complexity index is 428. The van der Waals surface area contributed by atoms with Crippen LogP contribution in [0.1, 0.15) is 25.8 Å². The van der Waals surface area contributed by atoms with Gasteiger partial charge in [-0.05, 0) is 32.3 Å². The van der Waals surface area contributed by atoms with Gasteiger partial charge in [-0.1, -0.05) is 30.3 Å². The summed E-state index contributed by atoms with van der Waals surface area (Å²) >= 11 is 0. The summed E-state index contributed by atoms with van der Waals surface area (Å²) in [6, 6.07) is 9.60. The fourth-order valence-corrected chi connectivity index (χ4v) is 2.17. The molecular formula is C16H25NO4. The molecule has 0 bridgehead atoms. The molecule has 0 aliphatic heterocycles. The van der Waals surface area contributed by atoms with Gasteiger partial charge in [-0.3, -0.25) is 4.79 Å². The lowest BCUT2D eigenvalue weighted by atomic mass is 9.92. The van der Waals surface area contributed by atoms with Crippen molar-refractivity contribution < 1.29 is 19.7 Å². The summed E-state index contributed by atoms with van der Waals surface area (Å²) in [5.41, 5.74) is -0.267. The van der Waals surface area contributed by atoms with E-state index in [0.29, 0.717) is 6.42 Å². The van der Waals surface area contributed by atoms with Crippen LogP contribution in [0, 0.1) is 5.92 Å². The van der Waals surface area contributed by atoms with Gasteiger partial charge in [-0.15, -0.1) is 0 Å². The molecule has 0 saturated carbocycles. The normalized spacial score (nSPS) is 14.5. The molecule has 2 atom stereocenters. The molecule has 0 aliphatic carbocycles. The highest BCUT2D eigenvalue weighted by atomic mass is 16.5. The molecule has 0 aromatic heterocycles. The fraction of sp³-hybridized carbons (Fsp3) is 0.562. The molecule has 1 amide bonds. The van der Waals surface area contributed by atoms with Crippen LogP contribution in [0.2, 0.25) is 0 Å². The minimum atomic E-state index is -1.28. The van der Waals surface area contributed by atoms with Crippen molar-refractivity contribution in [2.75, 3.05) is 13.7 Å². The third-order valence-corrected chi connectivity index (χ3v) is 3.04. The molecule has 0 unspecified atom stereocenters. The van der Waals surface area contributed by atoms with Gasteiger partial charge in [0.1, 0.15) is 5.72 Å². The first-order valence-electron chi connectivity index (χ1n) is 7.07. The second kappa shape index (κ2) is 8.12. The Kier molecular flexibility index (Phi) is 6.81. The van der Waals surface area contributed by atoms with E-state index in [1.165, 1.54) is 21.0 Å². The number of aliphatic hydroxyl groups is 2. The molecule has 1 aromatic rings. The fourth-order valence-electron chi connectivity index (χ4n) is 2.17. The Hall–Kier alpha value is -1.43. The van der Waals surface area contributed by atoms with Crippen LogP contribution in [0.15, 0.2) is 30.3 Å². The number of methoxy groups -OCH3 is 1. The molecule has 21 heavy (non-hydrogen) atoms. The maximum absolute atomic E-state index is 12.3. The number of aliphatic hydroxyl groups excluding tert-OH is 1. The van der Waals surface area contributed by atoms with Crippen molar-refractivity contribution in [2.24, 2.45) is 5.92 Å². The molecule has 1 aromatic carbocycles. The number of nitrogens with one attached hydrogen (secondary N) is 1. The summed E-state index contributed by atoms with van der Waals surface area (Å²) in [6.45, 7) is 3.20. The van der Waals surface area contributed by atoms with Crippen LogP contribution < -0.4 is 5.32 Å². The number of carbonyl (C=O) groups excluding carboxylic acids is 1. The summed E-state index contributed by atoms with van der Waals surface area (Å²) in [7, 11) is 1.51. The first-order chi connectivity index (χ1) is 9.81. The van der Waals surface area contributed by atoms with Crippen LogP contribution in [-0.4, -0.2) is 41.7 Å². The number of rotatable bonds is 8. The number of ether oxygens (including phenoxy) is 1. The lowest BCUT2D eigenvalue weighted by Gasteiger charge is -2.25. The summed E-state index contributed by atoms with van der Waals surface area (Å²) in [4.78, 5) is 12.3. The predicted molar refractivity (Wildman–Crippen MR) is 80.6 cm³/mol. The minimum Gasteiger partial charge on any atom is -0.391 e. The molecular weight excluding hydrogens is 270 g/mol. The van der Waals surface area contributed by atoms with E-state index in [9.17, 15) is 15.0 Å². The lowest BCUT2D eigenvalue weighted by Crippen LogP contribution is -2.47. The third-order valence-electron chi connectivity index (χ3n) is 3.04. The Morgan fingerprint density at radius 1 is 1.33 bits per heavy atom. The van der Waals surface area contributed by atoms with Crippen LogP contribution in [0.4, 0.5) is 0 Å². The van der Waals surface area contributed by atoms with Gasteiger partial charge in [0.25, 0.3) is 0 Å². The second-order valence-corrected chi connectivity index (χ2v) is 5.78. The highest BCUT2D eigenvalue weighted by Gasteiger charge is 2.26. The minimum absolute atomic E-state index is 0.182. The van der Waals surface area contributed by atoms with Gasteiger partial charge in [-0.2, -0.15) is 0 Å². The van der Waals surface area contributed by atoms with Crippen molar-refractivity contribution >= 4 is 5.91 Å². The van der Waals surface area contributed by atoms with E-state index < -0.39 is 17.7 Å². The van der Waals surface area contributed by atoms with Crippen molar-refractivity contribution in [3.8, 4) is 0 Å². The molecule has 0 heterocycles. The summed E-state index contributed by atoms with van der Waals surface area (Å²) in [5, 5.41) is 22.2. The second-order valence-electron chi connectivity index (χ2n) is 5.78. The number of carbonyl (C=O) groups is 1. The SMILES string of the molecule is COC[C@@H](O)C[C@@H](Cc1ccccc1)C(=O)NC(C)(C)O. The molecule has 0 aliphatic rings. The molecule has 5 nitrogen and oxygen atoms in total. The standard InChI is InChI=1S/C16H25NO4/c1-16(2,20)17-15(19)13(10-14(18)11-21-3)9-12-7-5-4-6-8-12/h4-8,13-14,18,20H,9-11H2,1-3H3,(H,17,19)/t13-,14+/m1/s1. The van der Waals surface area contributed by atoms with E-state index in [0.717, 1.165) is 5.56 Å². The van der Waals surface area contributed by atoms with E-state index in [4.69, 9.17) is 4.74 Å². The average Bonchev–Trinajstić information content (AvgIpc) is 2.37. The van der Waals surface area contributed by atoms with Gasteiger partial charge in [-0.25, -0.2) is 0 Å². The van der Waals surface area contributed by atoms with Crippen molar-refractivity contribution in [1.82, 2.24) is 5.32 Å². The van der Waals surface area contributed by atoms with Crippen molar-refractivity contribution in [1.29, 1.82) is 0 Å². The van der Waals surface area contributed by atoms with Crippen LogP contribution in [-0.2, 0) is 16.0 Å². The van der Waals surface area contributed by atoms with Gasteiger partial charge >= 0.3 is 0 Å². The monoisotopic (exact) mass is 295 g/mol. The maximum atomic E-state index is 12.3. The predicted octanol–water partition coefficient (Wildman–Crippen LogP) is 1.09. The summed E-state index contributed by atoms with van der Waals surface area (Å²) in [6.07, 6.45) is 0.0741. The van der Waals surface area contributed by atoms with Gasteiger partial charge in [0.2, 0.25) is 5.91 Å². The number of amides is 1.